The molecule has 4 fully saturated rings. The van der Waals surface area contributed by atoms with E-state index in [1.165, 1.54) is 32.5 Å². The van der Waals surface area contributed by atoms with Gasteiger partial charge in [0.2, 0.25) is 23.4 Å². The molecule has 11 N–H and O–H groups in total. The Morgan fingerprint density at radius 3 is 2.27 bits per heavy atom. The number of fused-ring (bicyclic) bond motifs is 7. The van der Waals surface area contributed by atoms with Crippen molar-refractivity contribution >= 4 is 83.3 Å². The number of unbranched alkanes of at least 4 members (excludes halogenated alkanes) is 1. The van der Waals surface area contributed by atoms with Gasteiger partial charge in [0.15, 0.2) is 19.5 Å². The quantitative estimate of drug-likeness (QED) is 0.0105. The zero-order chi connectivity index (χ0) is 77.0. The van der Waals surface area contributed by atoms with Crippen LogP contribution in [0.4, 0.5) is 17.3 Å². The number of nitrogen functional groups attached to an aromatic ring is 1. The number of nitrogens with zero attached hydrogens (tertiary/aromatic N) is 6. The maximum atomic E-state index is 15.8. The van der Waals surface area contributed by atoms with Crippen molar-refractivity contribution in [3.63, 3.8) is 0 Å². The minimum absolute atomic E-state index is 0.0395. The molecule has 3 aromatic heterocycles. The normalized spacial score (nSPS) is 26.9. The highest BCUT2D eigenvalue weighted by molar-refractivity contribution is 6.74. The second-order valence-corrected chi connectivity index (χ2v) is 35.0. The van der Waals surface area contributed by atoms with Gasteiger partial charge in [-0.3, -0.25) is 38.8 Å². The van der Waals surface area contributed by atoms with Crippen LogP contribution in [0.15, 0.2) is 83.8 Å². The third kappa shape index (κ3) is 14.9. The Morgan fingerprint density at radius 1 is 0.826 bits per heavy atom. The molecule has 1 saturated carbocycles. The van der Waals surface area contributed by atoms with Crippen LogP contribution in [0.2, 0.25) is 18.1 Å². The second-order valence-electron chi connectivity index (χ2n) is 30.9. The summed E-state index contributed by atoms with van der Waals surface area (Å²) >= 11 is 0. The molecule has 6 aliphatic heterocycles. The summed E-state index contributed by atoms with van der Waals surface area (Å²) in [5, 5.41) is 48.9. The number of aromatic nitrogens is 5. The van der Waals surface area contributed by atoms with Gasteiger partial charge in [-0.1, -0.05) is 69.9 Å². The summed E-state index contributed by atoms with van der Waals surface area (Å²) in [6.45, 7) is 8.96. The van der Waals surface area contributed by atoms with Gasteiger partial charge in [0.25, 0.3) is 11.5 Å². The molecule has 3 amide bonds. The number of benzene rings is 3. The minimum atomic E-state index is -2.82. The zero-order valence-electron chi connectivity index (χ0n) is 63.3. The van der Waals surface area contributed by atoms with E-state index in [2.05, 4.69) is 92.1 Å². The fraction of sp³-hybridized carbons (Fsp3) is 0.570. The number of aromatic amines is 2. The van der Waals surface area contributed by atoms with Crippen LogP contribution in [0.5, 0.6) is 5.75 Å². The smallest absolute Gasteiger partial charge is 0.342 e. The summed E-state index contributed by atoms with van der Waals surface area (Å²) < 4.78 is 37.9. The van der Waals surface area contributed by atoms with E-state index in [1.54, 1.807) is 19.2 Å². The number of carboxylic acids is 1. The van der Waals surface area contributed by atoms with Crippen LogP contribution in [0.1, 0.15) is 136 Å². The molecule has 586 valence electrons. The van der Waals surface area contributed by atoms with Gasteiger partial charge >= 0.3 is 17.9 Å². The van der Waals surface area contributed by atoms with E-state index >= 15 is 9.59 Å². The molecule has 1 unspecified atom stereocenters. The van der Waals surface area contributed by atoms with Gasteiger partial charge in [-0.25, -0.2) is 19.6 Å². The third-order valence-corrected chi connectivity index (χ3v) is 29.1. The lowest BCUT2D eigenvalue weighted by Crippen LogP contribution is -2.82. The van der Waals surface area contributed by atoms with Gasteiger partial charge in [-0.15, -0.1) is 0 Å². The largest absolute Gasteiger partial charge is 0.496 e. The highest BCUT2D eigenvalue weighted by atomic mass is 28.4. The molecule has 0 radical (unpaired) electrons. The monoisotopic (exact) mass is 1520 g/mol. The van der Waals surface area contributed by atoms with Gasteiger partial charge in [-0.2, -0.15) is 4.98 Å². The molecule has 13 rings (SSSR count). The number of anilines is 3. The molecular weight excluding hydrogens is 1420 g/mol. The molecule has 3 aromatic carbocycles. The number of likely N-dealkylation sites (N-methyl/N-ethyl adjacent to an activating group) is 1. The summed E-state index contributed by atoms with van der Waals surface area (Å²) in [7, 11) is 3.57. The maximum Gasteiger partial charge on any atom is 0.342 e. The van der Waals surface area contributed by atoms with Crippen LogP contribution in [-0.2, 0) is 71.1 Å². The van der Waals surface area contributed by atoms with E-state index in [0.717, 1.165) is 70.8 Å². The minimum Gasteiger partial charge on any atom is -0.496 e. The van der Waals surface area contributed by atoms with Crippen LogP contribution >= 0.6 is 0 Å². The number of carbonyl (C=O) groups is 6. The van der Waals surface area contributed by atoms with Gasteiger partial charge in [0.05, 0.1) is 83.9 Å². The average molecular weight is 1520 g/mol. The summed E-state index contributed by atoms with van der Waals surface area (Å²) in [5.74, 6) is -3.38. The zero-order valence-corrected chi connectivity index (χ0v) is 64.3. The first-order chi connectivity index (χ1) is 52.5. The predicted molar refractivity (Wildman–Crippen MR) is 410 cm³/mol. The van der Waals surface area contributed by atoms with E-state index in [4.69, 9.17) is 33.8 Å². The third-order valence-electron chi connectivity index (χ3n) is 24.6. The number of carbonyl (C=O) groups excluding carboxylic acids is 5. The molecule has 1 aliphatic carbocycles. The van der Waals surface area contributed by atoms with E-state index in [9.17, 15) is 39.3 Å². The summed E-state index contributed by atoms with van der Waals surface area (Å²) in [6, 6.07) is 18.6. The molecule has 2 bridgehead atoms. The number of para-hydroxylation sites is 1. The molecule has 109 heavy (non-hydrogen) atoms. The highest BCUT2D eigenvalue weighted by Gasteiger charge is 2.80. The van der Waals surface area contributed by atoms with Crippen LogP contribution in [0, 0.1) is 11.3 Å². The number of aliphatic carboxylic acids is 1. The number of rotatable bonds is 31. The molecule has 29 nitrogen and oxygen atoms in total. The van der Waals surface area contributed by atoms with Crippen molar-refractivity contribution in [1.29, 1.82) is 0 Å². The van der Waals surface area contributed by atoms with Crippen LogP contribution < -0.4 is 42.2 Å². The van der Waals surface area contributed by atoms with Crippen molar-refractivity contribution in [2.45, 2.75) is 175 Å². The number of piperidine rings is 1. The van der Waals surface area contributed by atoms with Crippen molar-refractivity contribution in [3.05, 3.63) is 123 Å². The van der Waals surface area contributed by atoms with Crippen molar-refractivity contribution < 1.29 is 72.2 Å². The topological polar surface area (TPSA) is 390 Å². The number of esters is 2. The first-order valence-electron chi connectivity index (χ1n) is 38.6. The standard InChI is InChI=1S/C79H105N13O16Si/c1-7-75(101)43-49-44-78(72(99)104-5,64-54(26-32-91(47-49)48-75)53-17-10-11-18-57(53)86-64)56-41-55-59(42-60(56)103-4)90(3)70-77(55)28-33-92-31-16-27-76(8-2,69(77)92)71(79(70,102)73(100)105-6)108-109(38-13-9-14-39-109)40-15-12-19-61(93)81-29-34-106-36-37-107-35-30-82-62(94)25-24-58(68(97)98)87-66(95)50-20-22-51(23-21-50)83-45-52-46-84-65-63(85-52)67(96)89-74(80)88-65/h10-11,16-18,20-23,27,41-42,46,49,58,69-71,83,86,101-102H,7-9,12-15,19,24-26,28-40,43-45,47-48H2,1-6H3,(H,81,93)(H,82,94)(H,87,95)(H,97,98)(H3,80,84,88,89,96)/t49-,58-,69-,70+,71+,75-,76+,77+,78-,79-/m0/s1. The van der Waals surface area contributed by atoms with Gasteiger partial charge in [0.1, 0.15) is 17.2 Å². The summed E-state index contributed by atoms with van der Waals surface area (Å²) in [6.07, 6.45) is 12.3. The number of amides is 3. The fourth-order valence-electron chi connectivity index (χ4n) is 19.7. The Kier molecular flexibility index (Phi) is 23.4. The van der Waals surface area contributed by atoms with Crippen molar-refractivity contribution in [2.75, 3.05) is 117 Å². The highest BCUT2D eigenvalue weighted by Crippen LogP contribution is 2.69. The number of aliphatic hydroxyl groups is 2. The molecule has 11 atom stereocenters. The molecule has 9 heterocycles. The molecule has 1 spiro atoms. The Hall–Kier alpha value is -8.88. The Morgan fingerprint density at radius 2 is 1.56 bits per heavy atom. The number of nitrogens with two attached hydrogens (primary N) is 1. The van der Waals surface area contributed by atoms with Gasteiger partial charge < -0.3 is 80.3 Å². The van der Waals surface area contributed by atoms with E-state index < -0.39 is 89.2 Å². The fourth-order valence-corrected chi connectivity index (χ4v) is 24.4. The predicted octanol–water partition coefficient (Wildman–Crippen LogP) is 5.89. The van der Waals surface area contributed by atoms with E-state index in [1.807, 2.05) is 38.2 Å². The van der Waals surface area contributed by atoms with Crippen molar-refractivity contribution in [1.82, 2.24) is 50.7 Å². The number of hydrogen-bond acceptors (Lipinski definition) is 23. The van der Waals surface area contributed by atoms with Gasteiger partial charge in [-0.05, 0) is 129 Å². The molecule has 3 saturated heterocycles. The SMILES string of the molecule is CC[C@]1(O)C[C@@H]2CN(CCc3c([nH]c4ccccc34)[C@@](C(=O)OC)(c3cc4c(cc3OC)N(C)[C@H]3[C@@](O)(C(=O)OC)[C@H](O[Si]5(CCCCC(=O)NCCOCCOCCNC(=O)CC[C@H](NC(=O)c6ccc(NCc7cnc8nc(N)[nH]c(=O)c8n7)cc6)C(=O)O)CCCCC5)[C@]5(CC)C=CCN6CC[C@]43[C@@H]65)C2)C1. The lowest BCUT2D eigenvalue weighted by atomic mass is 9.47. The molecule has 30 heteroatoms. The first kappa shape index (κ1) is 78.2. The number of hydrogen-bond donors (Lipinski definition) is 10. The number of H-pyrrole nitrogens is 2. The number of methoxy groups -OCH3 is 3. The van der Waals surface area contributed by atoms with E-state index in [-0.39, 0.29) is 99.4 Å². The van der Waals surface area contributed by atoms with Crippen molar-refractivity contribution in [2.24, 2.45) is 11.3 Å². The number of nitrogens with one attached hydrogen (secondary N) is 6. The first-order valence-corrected chi connectivity index (χ1v) is 41.1. The molecule has 6 aromatic rings. The Bertz CT molecular complexity index is 4460. The second kappa shape index (κ2) is 32.6. The lowest BCUT2D eigenvalue weighted by molar-refractivity contribution is -0.214. The molecular formula is C79H105N13O16Si. The van der Waals surface area contributed by atoms with Crippen LogP contribution in [0.3, 0.4) is 0 Å². The maximum absolute atomic E-state index is 15.8. The van der Waals surface area contributed by atoms with E-state index in [0.29, 0.717) is 113 Å². The van der Waals surface area contributed by atoms with Crippen molar-refractivity contribution in [3.8, 4) is 5.75 Å². The average Bonchev–Trinajstić information content (AvgIpc) is 1.49. The van der Waals surface area contributed by atoms with Crippen LogP contribution in [-0.4, -0.2) is 230 Å². The number of ether oxygens (including phenoxy) is 5. The number of carboxylic acid groups (broad SMARTS) is 1. The van der Waals surface area contributed by atoms with Crippen LogP contribution in [0.25, 0.3) is 22.1 Å². The molecule has 7 aliphatic rings. The lowest BCUT2D eigenvalue weighted by Gasteiger charge is -2.65. The summed E-state index contributed by atoms with van der Waals surface area (Å²) in [4.78, 5) is 120. The summed E-state index contributed by atoms with van der Waals surface area (Å²) in [5.41, 5.74) is 5.02. The van der Waals surface area contributed by atoms with Gasteiger partial charge in [0, 0.05) is 121 Å². The Balaban J connectivity index is 0.610. The Labute approximate surface area is 634 Å².